The minimum Gasteiger partial charge on any atom is -0.247 e. The number of benzene rings is 8. The molecule has 0 radical (unpaired) electrons. The summed E-state index contributed by atoms with van der Waals surface area (Å²) in [6, 6.07) is 63.6. The van der Waals surface area contributed by atoms with Gasteiger partial charge in [0.25, 0.3) is 0 Å². The first-order valence-corrected chi connectivity index (χ1v) is 22.7. The predicted molar refractivity (Wildman–Crippen MR) is 243 cm³/mol. The Hall–Kier alpha value is -7.01. The molecule has 0 saturated carbocycles. The van der Waals surface area contributed by atoms with E-state index >= 15 is 0 Å². The highest BCUT2D eigenvalue weighted by Crippen LogP contribution is 2.47. The van der Waals surface area contributed by atoms with Gasteiger partial charge in [-0.05, 0) is 66.6 Å². The smallest absolute Gasteiger partial charge is 0.113 e. The molecule has 0 amide bonds. The van der Waals surface area contributed by atoms with E-state index in [1.807, 2.05) is 6.07 Å². The molecule has 0 fully saturated rings. The van der Waals surface area contributed by atoms with Crippen LogP contribution in [-0.4, -0.2) is 23.0 Å². The average Bonchev–Trinajstić information content (AvgIpc) is 3.50. The normalized spacial score (nSPS) is 13.2. The molecule has 3 nitrogen and oxygen atoms in total. The van der Waals surface area contributed by atoms with Crippen LogP contribution < -0.4 is 10.4 Å². The van der Waals surface area contributed by atoms with Crippen molar-refractivity contribution in [2.75, 3.05) is 0 Å². The lowest BCUT2D eigenvalue weighted by Crippen LogP contribution is -2.49. The summed E-state index contributed by atoms with van der Waals surface area (Å²) < 4.78 is 0. The molecule has 57 heavy (non-hydrogen) atoms. The van der Waals surface area contributed by atoms with Crippen molar-refractivity contribution in [1.82, 2.24) is 15.0 Å². The fourth-order valence-corrected chi connectivity index (χ4v) is 12.8. The average molecular weight is 742 g/mol. The van der Waals surface area contributed by atoms with E-state index in [9.17, 15) is 0 Å². The quantitative estimate of drug-likeness (QED) is 0.103. The maximum absolute atomic E-state index is 5.67. The summed E-state index contributed by atoms with van der Waals surface area (Å²) in [5.41, 5.74) is 11.8. The van der Waals surface area contributed by atoms with E-state index in [0.717, 1.165) is 82.6 Å². The Bertz CT molecular complexity index is 3440. The van der Waals surface area contributed by atoms with E-state index in [1.165, 1.54) is 37.7 Å². The SMILES string of the molecule is C[Si]1(C)c2ccccc2-c2c1ccc1nc(-c3c4ccccc4c(-c4ccc5ccc6ccc(-c7ccccc7)nc6c5n4)c4ccccc34)c3ccccc3c21. The molecule has 8 aromatic carbocycles. The van der Waals surface area contributed by atoms with Gasteiger partial charge in [0.15, 0.2) is 0 Å². The molecular weight excluding hydrogens is 707 g/mol. The first-order chi connectivity index (χ1) is 28.0. The van der Waals surface area contributed by atoms with Gasteiger partial charge < -0.3 is 0 Å². The molecule has 0 unspecified atom stereocenters. The van der Waals surface area contributed by atoms with Gasteiger partial charge >= 0.3 is 0 Å². The molecule has 266 valence electrons. The van der Waals surface area contributed by atoms with Gasteiger partial charge in [0.2, 0.25) is 0 Å². The fraction of sp³-hybridized carbons (Fsp3) is 0.0377. The molecule has 12 rings (SSSR count). The van der Waals surface area contributed by atoms with Gasteiger partial charge in [-0.1, -0.05) is 171 Å². The van der Waals surface area contributed by atoms with E-state index in [0.29, 0.717) is 0 Å². The zero-order valence-electron chi connectivity index (χ0n) is 31.6. The van der Waals surface area contributed by atoms with E-state index in [1.54, 1.807) is 0 Å². The zero-order valence-corrected chi connectivity index (χ0v) is 32.6. The van der Waals surface area contributed by atoms with Crippen molar-refractivity contribution in [3.63, 3.8) is 0 Å². The highest BCUT2D eigenvalue weighted by molar-refractivity contribution is 7.04. The van der Waals surface area contributed by atoms with Crippen LogP contribution in [0.1, 0.15) is 0 Å². The molecule has 3 aromatic heterocycles. The summed E-state index contributed by atoms with van der Waals surface area (Å²) in [5, 5.41) is 13.5. The van der Waals surface area contributed by atoms with Crippen LogP contribution >= 0.6 is 0 Å². The van der Waals surface area contributed by atoms with Crippen LogP contribution in [0.5, 0.6) is 0 Å². The lowest BCUT2D eigenvalue weighted by molar-refractivity contribution is 1.37. The van der Waals surface area contributed by atoms with Crippen LogP contribution in [-0.2, 0) is 0 Å². The van der Waals surface area contributed by atoms with Crippen LogP contribution in [0.3, 0.4) is 0 Å². The number of hydrogen-bond donors (Lipinski definition) is 0. The summed E-state index contributed by atoms with van der Waals surface area (Å²) in [4.78, 5) is 16.4. The Balaban J connectivity index is 1.14. The largest absolute Gasteiger partial charge is 0.247 e. The second-order valence-electron chi connectivity index (χ2n) is 15.9. The van der Waals surface area contributed by atoms with Crippen molar-refractivity contribution >= 4 is 83.5 Å². The van der Waals surface area contributed by atoms with Crippen LogP contribution in [0.4, 0.5) is 0 Å². The standard InChI is InChI=1S/C53H35N3Si/c1-57(2)45-23-13-12-22-41(45)50-46(57)31-30-44-49(50)39-20-10-11-21-40(39)53(56-44)48-37-18-8-6-16-35(37)47(36-17-7-9-19-38(36)48)43-29-27-34-25-24-33-26-28-42(32-14-4-3-5-15-32)54-51(33)52(34)55-43/h3-31H,1-2H3. The molecule has 4 heterocycles. The summed E-state index contributed by atoms with van der Waals surface area (Å²) in [7, 11) is -1.86. The van der Waals surface area contributed by atoms with Crippen molar-refractivity contribution in [3.05, 3.63) is 176 Å². The summed E-state index contributed by atoms with van der Waals surface area (Å²) in [5.74, 6) is 0. The number of hydrogen-bond acceptors (Lipinski definition) is 3. The van der Waals surface area contributed by atoms with Crippen molar-refractivity contribution in [1.29, 1.82) is 0 Å². The van der Waals surface area contributed by atoms with Crippen molar-refractivity contribution in [2.24, 2.45) is 0 Å². The molecular formula is C53H35N3Si. The Labute approximate surface area is 331 Å². The Kier molecular flexibility index (Phi) is 6.79. The van der Waals surface area contributed by atoms with Crippen molar-refractivity contribution < 1.29 is 0 Å². The second kappa shape index (κ2) is 12.0. The Morgan fingerprint density at radius 2 is 0.895 bits per heavy atom. The van der Waals surface area contributed by atoms with Gasteiger partial charge in [0.05, 0.1) is 33.6 Å². The van der Waals surface area contributed by atoms with Gasteiger partial charge in [-0.25, -0.2) is 15.0 Å². The monoisotopic (exact) mass is 741 g/mol. The first-order valence-electron chi connectivity index (χ1n) is 19.7. The maximum atomic E-state index is 5.67. The number of rotatable bonds is 3. The first kappa shape index (κ1) is 32.3. The molecule has 0 spiro atoms. The lowest BCUT2D eigenvalue weighted by Gasteiger charge is -2.20. The second-order valence-corrected chi connectivity index (χ2v) is 20.2. The Morgan fingerprint density at radius 1 is 0.368 bits per heavy atom. The third-order valence-corrected chi connectivity index (χ3v) is 16.0. The molecule has 4 heteroatoms. The molecule has 0 atom stereocenters. The van der Waals surface area contributed by atoms with Gasteiger partial charge in [-0.15, -0.1) is 0 Å². The highest BCUT2D eigenvalue weighted by atomic mass is 28.3. The molecule has 0 saturated heterocycles. The van der Waals surface area contributed by atoms with Crippen LogP contribution in [0, 0.1) is 0 Å². The predicted octanol–water partition coefficient (Wildman–Crippen LogP) is 12.6. The molecule has 0 N–H and O–H groups in total. The summed E-state index contributed by atoms with van der Waals surface area (Å²) in [6.07, 6.45) is 0. The molecule has 1 aliphatic rings. The minimum atomic E-state index is -1.86. The molecule has 1 aliphatic heterocycles. The number of pyridine rings is 3. The molecule has 11 aromatic rings. The fourth-order valence-electron chi connectivity index (χ4n) is 9.76. The van der Waals surface area contributed by atoms with Crippen LogP contribution in [0.25, 0.3) is 110 Å². The Morgan fingerprint density at radius 3 is 1.58 bits per heavy atom. The van der Waals surface area contributed by atoms with Crippen molar-refractivity contribution in [3.8, 4) is 44.9 Å². The van der Waals surface area contributed by atoms with Crippen LogP contribution in [0.15, 0.2) is 176 Å². The number of fused-ring (bicyclic) bond motifs is 12. The summed E-state index contributed by atoms with van der Waals surface area (Å²) >= 11 is 0. The molecule has 0 bridgehead atoms. The third-order valence-electron chi connectivity index (χ3n) is 12.4. The topological polar surface area (TPSA) is 38.7 Å². The number of nitrogens with zero attached hydrogens (tertiary/aromatic N) is 3. The van der Waals surface area contributed by atoms with Gasteiger partial charge in [0.1, 0.15) is 8.07 Å². The minimum absolute atomic E-state index is 0.905. The van der Waals surface area contributed by atoms with E-state index < -0.39 is 8.07 Å². The summed E-state index contributed by atoms with van der Waals surface area (Å²) in [6.45, 7) is 4.97. The van der Waals surface area contributed by atoms with E-state index in [4.69, 9.17) is 15.0 Å². The van der Waals surface area contributed by atoms with E-state index in [-0.39, 0.29) is 0 Å². The maximum Gasteiger partial charge on any atom is 0.113 e. The lowest BCUT2D eigenvalue weighted by atomic mass is 9.86. The van der Waals surface area contributed by atoms with Gasteiger partial charge in [-0.2, -0.15) is 0 Å². The third kappa shape index (κ3) is 4.62. The van der Waals surface area contributed by atoms with Gasteiger partial charge in [-0.3, -0.25) is 0 Å². The van der Waals surface area contributed by atoms with Crippen LogP contribution in [0.2, 0.25) is 13.1 Å². The highest BCUT2D eigenvalue weighted by Gasteiger charge is 2.38. The molecule has 0 aliphatic carbocycles. The van der Waals surface area contributed by atoms with E-state index in [2.05, 4.69) is 183 Å². The van der Waals surface area contributed by atoms with Gasteiger partial charge in [0, 0.05) is 38.2 Å². The number of aromatic nitrogens is 3. The zero-order chi connectivity index (χ0) is 37.8. The van der Waals surface area contributed by atoms with Crippen molar-refractivity contribution in [2.45, 2.75) is 13.1 Å².